The van der Waals surface area contributed by atoms with Crippen molar-refractivity contribution in [1.29, 1.82) is 0 Å². The number of carbonyl (C=O) groups is 1. The number of anilines is 1. The van der Waals surface area contributed by atoms with E-state index in [9.17, 15) is 4.79 Å². The number of fused-ring (bicyclic) bond motifs is 1. The summed E-state index contributed by atoms with van der Waals surface area (Å²) in [5, 5.41) is 5.17. The van der Waals surface area contributed by atoms with Crippen LogP contribution in [0.2, 0.25) is 0 Å². The first-order valence-corrected chi connectivity index (χ1v) is 9.88. The van der Waals surface area contributed by atoms with Crippen LogP contribution in [0, 0.1) is 0 Å². The normalized spacial score (nSPS) is 15.5. The molecule has 0 aliphatic carbocycles. The highest BCUT2D eigenvalue weighted by molar-refractivity contribution is 7.22. The Morgan fingerprint density at radius 2 is 2.12 bits per heavy atom. The molecule has 136 valence electrons. The topological polar surface area (TPSA) is 54.3 Å². The van der Waals surface area contributed by atoms with Gasteiger partial charge in [0.2, 0.25) is 0 Å². The second-order valence-electron chi connectivity index (χ2n) is 6.69. The minimum atomic E-state index is 0.0665. The SMILES string of the molecule is CCc1ccc2nc(N3CCCN(C(=O)c4cnn(C)c4)CC3)sc2c1. The monoisotopic (exact) mass is 369 g/mol. The summed E-state index contributed by atoms with van der Waals surface area (Å²) in [7, 11) is 1.83. The zero-order valence-electron chi connectivity index (χ0n) is 15.2. The van der Waals surface area contributed by atoms with Gasteiger partial charge in [-0.25, -0.2) is 4.98 Å². The first-order chi connectivity index (χ1) is 12.6. The van der Waals surface area contributed by atoms with Crippen LogP contribution in [0.4, 0.5) is 5.13 Å². The van der Waals surface area contributed by atoms with E-state index in [1.54, 1.807) is 28.4 Å². The molecule has 26 heavy (non-hydrogen) atoms. The second kappa shape index (κ2) is 7.07. The molecule has 0 spiro atoms. The van der Waals surface area contributed by atoms with Crippen molar-refractivity contribution >= 4 is 32.6 Å². The molecule has 4 rings (SSSR count). The minimum Gasteiger partial charge on any atom is -0.346 e. The summed E-state index contributed by atoms with van der Waals surface area (Å²) in [6.45, 7) is 5.40. The summed E-state index contributed by atoms with van der Waals surface area (Å²) in [4.78, 5) is 21.7. The predicted molar refractivity (Wildman–Crippen MR) is 105 cm³/mol. The van der Waals surface area contributed by atoms with E-state index in [2.05, 4.69) is 35.1 Å². The van der Waals surface area contributed by atoms with Gasteiger partial charge in [0.25, 0.3) is 5.91 Å². The molecule has 1 amide bonds. The third-order valence-corrected chi connectivity index (χ3v) is 5.93. The van der Waals surface area contributed by atoms with Crippen molar-refractivity contribution in [2.45, 2.75) is 19.8 Å². The first-order valence-electron chi connectivity index (χ1n) is 9.06. The summed E-state index contributed by atoms with van der Waals surface area (Å²) in [6, 6.07) is 6.51. The number of amides is 1. The smallest absolute Gasteiger partial charge is 0.257 e. The number of aromatic nitrogens is 3. The number of benzene rings is 1. The van der Waals surface area contributed by atoms with E-state index >= 15 is 0 Å². The number of hydrogen-bond acceptors (Lipinski definition) is 5. The Morgan fingerprint density at radius 1 is 1.23 bits per heavy atom. The summed E-state index contributed by atoms with van der Waals surface area (Å²) in [5.41, 5.74) is 3.07. The van der Waals surface area contributed by atoms with Crippen molar-refractivity contribution in [3.8, 4) is 0 Å². The van der Waals surface area contributed by atoms with Gasteiger partial charge in [-0.05, 0) is 30.5 Å². The van der Waals surface area contributed by atoms with Gasteiger partial charge in [-0.1, -0.05) is 24.3 Å². The van der Waals surface area contributed by atoms with Crippen LogP contribution in [0.1, 0.15) is 29.3 Å². The van der Waals surface area contributed by atoms with Gasteiger partial charge in [-0.15, -0.1) is 0 Å². The lowest BCUT2D eigenvalue weighted by Gasteiger charge is -2.21. The van der Waals surface area contributed by atoms with Gasteiger partial charge in [0, 0.05) is 39.4 Å². The maximum atomic E-state index is 12.7. The highest BCUT2D eigenvalue weighted by atomic mass is 32.1. The van der Waals surface area contributed by atoms with Crippen molar-refractivity contribution < 1.29 is 4.79 Å². The molecule has 1 aromatic carbocycles. The Kier molecular flexibility index (Phi) is 4.63. The van der Waals surface area contributed by atoms with E-state index in [1.165, 1.54) is 10.3 Å². The Balaban J connectivity index is 1.49. The molecule has 0 N–H and O–H groups in total. The van der Waals surface area contributed by atoms with Gasteiger partial charge >= 0.3 is 0 Å². The van der Waals surface area contributed by atoms with Crippen LogP contribution in [0.15, 0.2) is 30.6 Å². The molecule has 0 atom stereocenters. The largest absolute Gasteiger partial charge is 0.346 e. The minimum absolute atomic E-state index is 0.0665. The number of nitrogens with zero attached hydrogens (tertiary/aromatic N) is 5. The van der Waals surface area contributed by atoms with Crippen LogP contribution in [-0.4, -0.2) is 51.8 Å². The molecular weight excluding hydrogens is 346 g/mol. The Bertz CT molecular complexity index is 931. The van der Waals surface area contributed by atoms with Crippen LogP contribution in [-0.2, 0) is 13.5 Å². The summed E-state index contributed by atoms with van der Waals surface area (Å²) in [5.74, 6) is 0.0665. The molecule has 1 saturated heterocycles. The van der Waals surface area contributed by atoms with Crippen LogP contribution < -0.4 is 4.90 Å². The molecule has 1 aliphatic heterocycles. The first kappa shape index (κ1) is 17.0. The standard InChI is InChI=1S/C19H23N5OS/c1-3-14-5-6-16-17(11-14)26-19(21-16)24-8-4-7-23(9-10-24)18(25)15-12-20-22(2)13-15/h5-6,11-13H,3-4,7-10H2,1-2H3. The predicted octanol–water partition coefficient (Wildman–Crippen LogP) is 2.94. The lowest BCUT2D eigenvalue weighted by molar-refractivity contribution is 0.0767. The molecule has 1 aliphatic rings. The molecular formula is C19H23N5OS. The van der Waals surface area contributed by atoms with Gasteiger partial charge in [0.1, 0.15) is 0 Å². The average Bonchev–Trinajstić information content (AvgIpc) is 3.19. The zero-order chi connectivity index (χ0) is 18.1. The molecule has 2 aromatic heterocycles. The molecule has 0 bridgehead atoms. The van der Waals surface area contributed by atoms with Crippen molar-refractivity contribution in [2.75, 3.05) is 31.1 Å². The number of thiazole rings is 1. The van der Waals surface area contributed by atoms with Gasteiger partial charge in [-0.2, -0.15) is 5.10 Å². The highest BCUT2D eigenvalue weighted by Crippen LogP contribution is 2.30. The zero-order valence-corrected chi connectivity index (χ0v) is 16.0. The number of aryl methyl sites for hydroxylation is 2. The third-order valence-electron chi connectivity index (χ3n) is 4.86. The Hall–Kier alpha value is -2.41. The van der Waals surface area contributed by atoms with Crippen LogP contribution in [0.3, 0.4) is 0 Å². The summed E-state index contributed by atoms with van der Waals surface area (Å²) < 4.78 is 2.91. The third kappa shape index (κ3) is 3.31. The number of rotatable bonds is 3. The fraction of sp³-hybridized carbons (Fsp3) is 0.421. The highest BCUT2D eigenvalue weighted by Gasteiger charge is 2.22. The Labute approximate surface area is 157 Å². The summed E-state index contributed by atoms with van der Waals surface area (Å²) >= 11 is 1.75. The van der Waals surface area contributed by atoms with Gasteiger partial charge in [0.15, 0.2) is 5.13 Å². The molecule has 3 aromatic rings. The molecule has 0 saturated carbocycles. The number of carbonyl (C=O) groups excluding carboxylic acids is 1. The van der Waals surface area contributed by atoms with Crippen molar-refractivity contribution in [3.63, 3.8) is 0 Å². The van der Waals surface area contributed by atoms with E-state index in [0.29, 0.717) is 12.1 Å². The van der Waals surface area contributed by atoms with Crippen molar-refractivity contribution in [2.24, 2.45) is 7.05 Å². The van der Waals surface area contributed by atoms with Crippen molar-refractivity contribution in [3.05, 3.63) is 41.7 Å². The molecule has 0 unspecified atom stereocenters. The molecule has 6 nitrogen and oxygen atoms in total. The van der Waals surface area contributed by atoms with E-state index in [-0.39, 0.29) is 5.91 Å². The van der Waals surface area contributed by atoms with Gasteiger partial charge in [-0.3, -0.25) is 9.48 Å². The van der Waals surface area contributed by atoms with E-state index < -0.39 is 0 Å². The lowest BCUT2D eigenvalue weighted by atomic mass is 10.2. The quantitative estimate of drug-likeness (QED) is 0.712. The molecule has 3 heterocycles. The fourth-order valence-electron chi connectivity index (χ4n) is 3.34. The number of hydrogen-bond donors (Lipinski definition) is 0. The van der Waals surface area contributed by atoms with E-state index in [4.69, 9.17) is 4.98 Å². The second-order valence-corrected chi connectivity index (χ2v) is 7.70. The average molecular weight is 369 g/mol. The fourth-order valence-corrected chi connectivity index (χ4v) is 4.42. The lowest BCUT2D eigenvalue weighted by Crippen LogP contribution is -2.35. The van der Waals surface area contributed by atoms with Crippen LogP contribution in [0.25, 0.3) is 10.2 Å². The van der Waals surface area contributed by atoms with E-state index in [0.717, 1.165) is 43.1 Å². The molecule has 7 heteroatoms. The van der Waals surface area contributed by atoms with E-state index in [1.807, 2.05) is 11.9 Å². The maximum Gasteiger partial charge on any atom is 0.257 e. The van der Waals surface area contributed by atoms with Gasteiger partial charge < -0.3 is 9.80 Å². The van der Waals surface area contributed by atoms with Crippen LogP contribution in [0.5, 0.6) is 0 Å². The Morgan fingerprint density at radius 3 is 2.88 bits per heavy atom. The maximum absolute atomic E-state index is 12.7. The van der Waals surface area contributed by atoms with Crippen molar-refractivity contribution in [1.82, 2.24) is 19.7 Å². The van der Waals surface area contributed by atoms with Crippen LogP contribution >= 0.6 is 11.3 Å². The molecule has 1 fully saturated rings. The van der Waals surface area contributed by atoms with Gasteiger partial charge in [0.05, 0.1) is 22.0 Å². The summed E-state index contributed by atoms with van der Waals surface area (Å²) in [6.07, 6.45) is 5.41. The molecule has 0 radical (unpaired) electrons.